The maximum absolute atomic E-state index is 12.3. The highest BCUT2D eigenvalue weighted by atomic mass is 32.2. The third-order valence-electron chi connectivity index (χ3n) is 3.95. The van der Waals surface area contributed by atoms with Crippen molar-refractivity contribution in [3.8, 4) is 0 Å². The molecule has 0 unspecified atom stereocenters. The van der Waals surface area contributed by atoms with Crippen LogP contribution in [0.1, 0.15) is 15.9 Å². The molecule has 1 heterocycles. The van der Waals surface area contributed by atoms with Crippen LogP contribution in [0.25, 0.3) is 0 Å². The first-order valence-electron chi connectivity index (χ1n) is 7.41. The van der Waals surface area contributed by atoms with Gasteiger partial charge in [0.25, 0.3) is 5.91 Å². The smallest absolute Gasteiger partial charge is 0.251 e. The van der Waals surface area contributed by atoms with Crippen molar-refractivity contribution in [1.82, 2.24) is 9.62 Å². The first-order valence-corrected chi connectivity index (χ1v) is 9.02. The van der Waals surface area contributed by atoms with Gasteiger partial charge in [-0.15, -0.1) is 0 Å². The number of carbonyl (C=O) groups is 1. The lowest BCUT2D eigenvalue weighted by Crippen LogP contribution is -2.43. The van der Waals surface area contributed by atoms with Gasteiger partial charge in [0.1, 0.15) is 0 Å². The number of benzene rings is 1. The molecule has 2 rings (SSSR count). The van der Waals surface area contributed by atoms with Crippen LogP contribution in [0.5, 0.6) is 0 Å². The largest absolute Gasteiger partial charge is 0.379 e. The van der Waals surface area contributed by atoms with Gasteiger partial charge in [-0.25, -0.2) is 12.7 Å². The third-order valence-corrected chi connectivity index (χ3v) is 5.91. The van der Waals surface area contributed by atoms with Crippen molar-refractivity contribution in [3.63, 3.8) is 0 Å². The Kier molecular flexibility index (Phi) is 5.74. The highest BCUT2D eigenvalue weighted by Gasteiger charge is 2.34. The summed E-state index contributed by atoms with van der Waals surface area (Å²) in [5, 5.41) is 2.87. The molecular formula is C15H23N3O4S. The highest BCUT2D eigenvalue weighted by molar-refractivity contribution is 7.89. The second kappa shape index (κ2) is 7.39. The Bertz CT molecular complexity index is 643. The lowest BCUT2D eigenvalue weighted by Gasteiger charge is -2.21. The molecule has 0 aliphatic carbocycles. The Labute approximate surface area is 136 Å². The van der Waals surface area contributed by atoms with Crippen molar-refractivity contribution >= 4 is 15.9 Å². The molecule has 1 aromatic rings. The summed E-state index contributed by atoms with van der Waals surface area (Å²) in [6.07, 6.45) is 0. The second-order valence-electron chi connectivity index (χ2n) is 5.84. The average Bonchev–Trinajstić information content (AvgIpc) is 2.93. The fourth-order valence-electron chi connectivity index (χ4n) is 2.39. The first kappa shape index (κ1) is 17.9. The molecule has 3 N–H and O–H groups in total. The Morgan fingerprint density at radius 3 is 2.52 bits per heavy atom. The molecule has 0 bridgehead atoms. The highest BCUT2D eigenvalue weighted by Crippen LogP contribution is 2.18. The lowest BCUT2D eigenvalue weighted by atomic mass is 10.1. The Morgan fingerprint density at radius 1 is 1.30 bits per heavy atom. The second-order valence-corrected chi connectivity index (χ2v) is 8.07. The van der Waals surface area contributed by atoms with Crippen LogP contribution in [0.3, 0.4) is 0 Å². The monoisotopic (exact) mass is 341 g/mol. The Morgan fingerprint density at radius 2 is 1.96 bits per heavy atom. The molecule has 0 spiro atoms. The SMILES string of the molecule is CN(C)S(=O)(=O)C[C@@H]1COC[C@H]1NC(=O)c1ccc(CN)cc1. The minimum absolute atomic E-state index is 0.0446. The van der Waals surface area contributed by atoms with Crippen LogP contribution in [0, 0.1) is 5.92 Å². The van der Waals surface area contributed by atoms with Crippen LogP contribution in [-0.4, -0.2) is 57.7 Å². The summed E-state index contributed by atoms with van der Waals surface area (Å²) in [5.74, 6) is -0.539. The van der Waals surface area contributed by atoms with Gasteiger partial charge in [0, 0.05) is 32.1 Å². The number of hydrogen-bond donors (Lipinski definition) is 2. The molecule has 2 atom stereocenters. The number of amides is 1. The molecule has 23 heavy (non-hydrogen) atoms. The predicted molar refractivity (Wildman–Crippen MR) is 87.4 cm³/mol. The molecule has 8 heteroatoms. The van der Waals surface area contributed by atoms with Gasteiger partial charge in [0.05, 0.1) is 25.0 Å². The molecule has 0 saturated carbocycles. The number of nitrogens with two attached hydrogens (primary N) is 1. The number of hydrogen-bond acceptors (Lipinski definition) is 5. The van der Waals surface area contributed by atoms with Crippen LogP contribution in [0.2, 0.25) is 0 Å². The van der Waals surface area contributed by atoms with E-state index < -0.39 is 10.0 Å². The van der Waals surface area contributed by atoms with E-state index in [0.717, 1.165) is 5.56 Å². The molecule has 0 radical (unpaired) electrons. The van der Waals surface area contributed by atoms with Gasteiger partial charge in [-0.1, -0.05) is 12.1 Å². The van der Waals surface area contributed by atoms with Crippen LogP contribution < -0.4 is 11.1 Å². The summed E-state index contributed by atoms with van der Waals surface area (Å²) in [7, 11) is -0.340. The molecule has 1 amide bonds. The van der Waals surface area contributed by atoms with E-state index in [1.165, 1.54) is 18.4 Å². The zero-order valence-corrected chi connectivity index (χ0v) is 14.2. The molecule has 128 valence electrons. The Hall–Kier alpha value is -1.48. The quantitative estimate of drug-likeness (QED) is 0.745. The van der Waals surface area contributed by atoms with Gasteiger partial charge in [0.15, 0.2) is 0 Å². The van der Waals surface area contributed by atoms with E-state index in [0.29, 0.717) is 25.3 Å². The van der Waals surface area contributed by atoms with E-state index in [9.17, 15) is 13.2 Å². The molecule has 1 saturated heterocycles. The van der Waals surface area contributed by atoms with E-state index >= 15 is 0 Å². The van der Waals surface area contributed by atoms with Gasteiger partial charge < -0.3 is 15.8 Å². The number of nitrogens with one attached hydrogen (secondary N) is 1. The standard InChI is InChI=1S/C15H23N3O4S/c1-18(2)23(20,21)10-13-8-22-9-14(13)17-15(19)12-5-3-11(7-16)4-6-12/h3-6,13-14H,7-10,16H2,1-2H3,(H,17,19)/t13-,14+/m0/s1. The molecule has 7 nitrogen and oxygen atoms in total. The summed E-state index contributed by atoms with van der Waals surface area (Å²) in [6, 6.07) is 6.70. The zero-order valence-electron chi connectivity index (χ0n) is 13.4. The van der Waals surface area contributed by atoms with E-state index in [4.69, 9.17) is 10.5 Å². The number of sulfonamides is 1. The van der Waals surface area contributed by atoms with E-state index in [1.807, 2.05) is 0 Å². The van der Waals surface area contributed by atoms with Crippen LogP contribution >= 0.6 is 0 Å². The summed E-state index contributed by atoms with van der Waals surface area (Å²) >= 11 is 0. The van der Waals surface area contributed by atoms with Gasteiger partial charge in [-0.05, 0) is 17.7 Å². The van der Waals surface area contributed by atoms with E-state index in [1.54, 1.807) is 24.3 Å². The van der Waals surface area contributed by atoms with Crippen molar-refractivity contribution in [1.29, 1.82) is 0 Å². The normalized spacial score (nSPS) is 21.6. The summed E-state index contributed by atoms with van der Waals surface area (Å²) in [6.45, 7) is 1.06. The summed E-state index contributed by atoms with van der Waals surface area (Å²) in [5.41, 5.74) is 6.99. The number of ether oxygens (including phenoxy) is 1. The van der Waals surface area contributed by atoms with Gasteiger partial charge in [0.2, 0.25) is 10.0 Å². The van der Waals surface area contributed by atoms with Crippen molar-refractivity contribution in [2.45, 2.75) is 12.6 Å². The maximum atomic E-state index is 12.3. The minimum Gasteiger partial charge on any atom is -0.379 e. The van der Waals surface area contributed by atoms with Crippen LogP contribution in [0.4, 0.5) is 0 Å². The minimum atomic E-state index is -3.34. The number of nitrogens with zero attached hydrogens (tertiary/aromatic N) is 1. The van der Waals surface area contributed by atoms with Crippen LogP contribution in [0.15, 0.2) is 24.3 Å². The van der Waals surface area contributed by atoms with Crippen molar-refractivity contribution < 1.29 is 17.9 Å². The average molecular weight is 341 g/mol. The molecule has 1 fully saturated rings. The lowest BCUT2D eigenvalue weighted by molar-refractivity contribution is 0.0926. The topological polar surface area (TPSA) is 102 Å². The summed E-state index contributed by atoms with van der Waals surface area (Å²) < 4.78 is 30.6. The number of carbonyl (C=O) groups excluding carboxylic acids is 1. The van der Waals surface area contributed by atoms with Crippen molar-refractivity contribution in [3.05, 3.63) is 35.4 Å². The van der Waals surface area contributed by atoms with Crippen molar-refractivity contribution in [2.24, 2.45) is 11.7 Å². The van der Waals surface area contributed by atoms with Gasteiger partial charge in [-0.2, -0.15) is 0 Å². The molecule has 0 aromatic heterocycles. The molecular weight excluding hydrogens is 318 g/mol. The zero-order chi connectivity index (χ0) is 17.0. The van der Waals surface area contributed by atoms with Crippen LogP contribution in [-0.2, 0) is 21.3 Å². The molecule has 1 aromatic carbocycles. The van der Waals surface area contributed by atoms with E-state index in [-0.39, 0.29) is 23.6 Å². The first-order chi connectivity index (χ1) is 10.8. The van der Waals surface area contributed by atoms with Crippen molar-refractivity contribution in [2.75, 3.05) is 33.1 Å². The summed E-state index contributed by atoms with van der Waals surface area (Å²) in [4.78, 5) is 12.3. The fourth-order valence-corrected chi connectivity index (χ4v) is 3.55. The fraction of sp³-hybridized carbons (Fsp3) is 0.533. The predicted octanol–water partition coefficient (Wildman–Crippen LogP) is -0.218. The van der Waals surface area contributed by atoms with Gasteiger partial charge in [-0.3, -0.25) is 4.79 Å². The molecule has 1 aliphatic rings. The van der Waals surface area contributed by atoms with Gasteiger partial charge >= 0.3 is 0 Å². The molecule has 1 aliphatic heterocycles. The third kappa shape index (κ3) is 4.51. The Balaban J connectivity index is 2.01. The maximum Gasteiger partial charge on any atom is 0.251 e. The van der Waals surface area contributed by atoms with E-state index in [2.05, 4.69) is 5.32 Å². The number of rotatable bonds is 6.